The van der Waals surface area contributed by atoms with E-state index in [2.05, 4.69) is 29.4 Å². The highest BCUT2D eigenvalue weighted by atomic mass is 32.1. The first-order chi connectivity index (χ1) is 8.79. The van der Waals surface area contributed by atoms with E-state index in [0.29, 0.717) is 6.04 Å². The van der Waals surface area contributed by atoms with Crippen LogP contribution < -0.4 is 10.1 Å². The van der Waals surface area contributed by atoms with E-state index in [4.69, 9.17) is 4.74 Å². The molecule has 1 unspecified atom stereocenters. The third kappa shape index (κ3) is 3.55. The third-order valence-electron chi connectivity index (χ3n) is 2.87. The Morgan fingerprint density at radius 2 is 2.33 bits per heavy atom. The first-order valence-electron chi connectivity index (χ1n) is 6.05. The second-order valence-electron chi connectivity index (χ2n) is 4.13. The lowest BCUT2D eigenvalue weighted by atomic mass is 10.1. The van der Waals surface area contributed by atoms with Crippen molar-refractivity contribution in [3.8, 4) is 5.75 Å². The molecule has 1 aromatic heterocycles. The fraction of sp³-hybridized carbons (Fsp3) is 0.357. The molecule has 96 valence electrons. The average Bonchev–Trinajstić information content (AvgIpc) is 2.92. The molecule has 2 rings (SSSR count). The summed E-state index contributed by atoms with van der Waals surface area (Å²) < 4.78 is 5.23. The van der Waals surface area contributed by atoms with Gasteiger partial charge in [-0.15, -0.1) is 11.3 Å². The molecule has 1 atom stereocenters. The molecule has 0 saturated carbocycles. The Morgan fingerprint density at radius 1 is 1.44 bits per heavy atom. The van der Waals surface area contributed by atoms with Crippen LogP contribution in [-0.2, 0) is 6.42 Å². The van der Waals surface area contributed by atoms with Crippen molar-refractivity contribution in [2.75, 3.05) is 13.7 Å². The predicted octanol–water partition coefficient (Wildman–Crippen LogP) is 3.05. The van der Waals surface area contributed by atoms with E-state index in [1.54, 1.807) is 18.4 Å². The minimum Gasteiger partial charge on any atom is -0.497 e. The molecule has 0 spiro atoms. The van der Waals surface area contributed by atoms with E-state index >= 15 is 0 Å². The number of thiazole rings is 1. The molecule has 0 aliphatic heterocycles. The van der Waals surface area contributed by atoms with Crippen LogP contribution in [0.1, 0.15) is 23.5 Å². The lowest BCUT2D eigenvalue weighted by molar-refractivity contribution is 0.413. The minimum atomic E-state index is 0.320. The Bertz CT molecular complexity index is 470. The van der Waals surface area contributed by atoms with Crippen LogP contribution in [0.15, 0.2) is 35.8 Å². The van der Waals surface area contributed by atoms with Crippen molar-refractivity contribution in [3.05, 3.63) is 46.4 Å². The van der Waals surface area contributed by atoms with Crippen LogP contribution in [0, 0.1) is 0 Å². The monoisotopic (exact) mass is 262 g/mol. The van der Waals surface area contributed by atoms with Gasteiger partial charge >= 0.3 is 0 Å². The minimum absolute atomic E-state index is 0.320. The van der Waals surface area contributed by atoms with Gasteiger partial charge in [0.25, 0.3) is 0 Å². The summed E-state index contributed by atoms with van der Waals surface area (Å²) in [7, 11) is 1.69. The van der Waals surface area contributed by atoms with Crippen molar-refractivity contribution in [2.45, 2.75) is 19.4 Å². The number of rotatable bonds is 6. The zero-order valence-electron chi connectivity index (χ0n) is 10.7. The van der Waals surface area contributed by atoms with Crippen molar-refractivity contribution >= 4 is 11.3 Å². The molecule has 0 aliphatic carbocycles. The van der Waals surface area contributed by atoms with Gasteiger partial charge in [0.05, 0.1) is 12.1 Å². The zero-order chi connectivity index (χ0) is 12.8. The highest BCUT2D eigenvalue weighted by Crippen LogP contribution is 2.18. The number of benzene rings is 1. The fourth-order valence-corrected chi connectivity index (χ4v) is 2.42. The maximum Gasteiger partial charge on any atom is 0.119 e. The summed E-state index contributed by atoms with van der Waals surface area (Å²) in [4.78, 5) is 4.27. The average molecular weight is 262 g/mol. The number of nitrogens with zero attached hydrogens (tertiary/aromatic N) is 1. The quantitative estimate of drug-likeness (QED) is 0.869. The molecule has 0 saturated heterocycles. The van der Waals surface area contributed by atoms with Crippen LogP contribution in [0.5, 0.6) is 5.75 Å². The lowest BCUT2D eigenvalue weighted by Gasteiger charge is -2.14. The standard InChI is InChI=1S/C14H18N2OS/c1-11(12-4-3-5-13(10-12)17-2)15-7-6-14-16-8-9-18-14/h3-5,8-11,15H,6-7H2,1-2H3. The molecule has 0 fully saturated rings. The number of nitrogens with one attached hydrogen (secondary N) is 1. The molecule has 0 aliphatic rings. The zero-order valence-corrected chi connectivity index (χ0v) is 11.5. The molecular weight excluding hydrogens is 244 g/mol. The Hall–Kier alpha value is -1.39. The van der Waals surface area contributed by atoms with Gasteiger partial charge in [0.15, 0.2) is 0 Å². The normalized spacial score (nSPS) is 12.3. The summed E-state index contributed by atoms with van der Waals surface area (Å²) in [5.41, 5.74) is 1.24. The van der Waals surface area contributed by atoms with Crippen molar-refractivity contribution in [1.29, 1.82) is 0 Å². The first-order valence-corrected chi connectivity index (χ1v) is 6.93. The number of methoxy groups -OCH3 is 1. The Balaban J connectivity index is 1.85. The molecule has 2 aromatic rings. The van der Waals surface area contributed by atoms with Crippen LogP contribution in [0.25, 0.3) is 0 Å². The van der Waals surface area contributed by atoms with Gasteiger partial charge in [-0.2, -0.15) is 0 Å². The molecule has 0 bridgehead atoms. The first kappa shape index (κ1) is 13.1. The van der Waals surface area contributed by atoms with E-state index in [9.17, 15) is 0 Å². The van der Waals surface area contributed by atoms with Crippen molar-refractivity contribution in [1.82, 2.24) is 10.3 Å². The fourth-order valence-electron chi connectivity index (χ4n) is 1.80. The molecule has 1 heterocycles. The topological polar surface area (TPSA) is 34.1 Å². The van der Waals surface area contributed by atoms with Crippen LogP contribution in [0.4, 0.5) is 0 Å². The van der Waals surface area contributed by atoms with Crippen LogP contribution in [-0.4, -0.2) is 18.6 Å². The molecule has 1 N–H and O–H groups in total. The highest BCUT2D eigenvalue weighted by Gasteiger charge is 2.05. The van der Waals surface area contributed by atoms with Crippen molar-refractivity contribution < 1.29 is 4.74 Å². The Morgan fingerprint density at radius 3 is 3.06 bits per heavy atom. The van der Waals surface area contributed by atoms with E-state index in [1.165, 1.54) is 10.6 Å². The number of ether oxygens (including phenoxy) is 1. The van der Waals surface area contributed by atoms with Gasteiger partial charge in [0.2, 0.25) is 0 Å². The Kier molecular flexibility index (Phi) is 4.73. The Labute approximate surface area is 112 Å². The van der Waals surface area contributed by atoms with Gasteiger partial charge in [0, 0.05) is 30.6 Å². The number of hydrogen-bond acceptors (Lipinski definition) is 4. The number of hydrogen-bond donors (Lipinski definition) is 1. The molecular formula is C14H18N2OS. The van der Waals surface area contributed by atoms with Crippen molar-refractivity contribution in [3.63, 3.8) is 0 Å². The lowest BCUT2D eigenvalue weighted by Crippen LogP contribution is -2.21. The largest absolute Gasteiger partial charge is 0.497 e. The molecule has 4 heteroatoms. The van der Waals surface area contributed by atoms with E-state index in [-0.39, 0.29) is 0 Å². The van der Waals surface area contributed by atoms with Gasteiger partial charge in [-0.25, -0.2) is 4.98 Å². The smallest absolute Gasteiger partial charge is 0.119 e. The third-order valence-corrected chi connectivity index (χ3v) is 3.71. The van der Waals surface area contributed by atoms with Crippen molar-refractivity contribution in [2.24, 2.45) is 0 Å². The second-order valence-corrected chi connectivity index (χ2v) is 5.11. The molecule has 0 amide bonds. The second kappa shape index (κ2) is 6.52. The molecule has 0 radical (unpaired) electrons. The summed E-state index contributed by atoms with van der Waals surface area (Å²) in [5, 5.41) is 6.70. The van der Waals surface area contributed by atoms with Gasteiger partial charge in [0.1, 0.15) is 5.75 Å². The predicted molar refractivity (Wildman–Crippen MR) is 75.2 cm³/mol. The van der Waals surface area contributed by atoms with E-state index < -0.39 is 0 Å². The van der Waals surface area contributed by atoms with E-state index in [1.807, 2.05) is 23.7 Å². The molecule has 1 aromatic carbocycles. The number of aromatic nitrogens is 1. The highest BCUT2D eigenvalue weighted by molar-refractivity contribution is 7.09. The summed E-state index contributed by atoms with van der Waals surface area (Å²) in [6.45, 7) is 3.10. The van der Waals surface area contributed by atoms with E-state index in [0.717, 1.165) is 18.7 Å². The molecule has 3 nitrogen and oxygen atoms in total. The van der Waals surface area contributed by atoms with Crippen LogP contribution in [0.2, 0.25) is 0 Å². The maximum atomic E-state index is 5.23. The summed E-state index contributed by atoms with van der Waals surface area (Å²) in [5.74, 6) is 0.904. The summed E-state index contributed by atoms with van der Waals surface area (Å²) in [6, 6.07) is 8.49. The van der Waals surface area contributed by atoms with Gasteiger partial charge in [-0.3, -0.25) is 0 Å². The van der Waals surface area contributed by atoms with Crippen LogP contribution >= 0.6 is 11.3 Å². The SMILES string of the molecule is COc1cccc(C(C)NCCc2nccs2)c1. The van der Waals surface area contributed by atoms with Crippen LogP contribution in [0.3, 0.4) is 0 Å². The molecule has 18 heavy (non-hydrogen) atoms. The summed E-state index contributed by atoms with van der Waals surface area (Å²) >= 11 is 1.71. The van der Waals surface area contributed by atoms with Gasteiger partial charge in [-0.05, 0) is 24.6 Å². The van der Waals surface area contributed by atoms with Gasteiger partial charge < -0.3 is 10.1 Å². The maximum absolute atomic E-state index is 5.23. The van der Waals surface area contributed by atoms with Gasteiger partial charge in [-0.1, -0.05) is 12.1 Å². The summed E-state index contributed by atoms with van der Waals surface area (Å²) in [6.07, 6.45) is 2.83.